The molecule has 4 aromatic carbocycles. The number of ether oxygens (including phenoxy) is 3. The maximum Gasteiger partial charge on any atom is 0.387 e. The summed E-state index contributed by atoms with van der Waals surface area (Å²) in [5, 5.41) is 9.79. The second-order valence-electron chi connectivity index (χ2n) is 11.9. The Morgan fingerprint density at radius 1 is 0.704 bits per heavy atom. The Morgan fingerprint density at radius 2 is 1.15 bits per heavy atom. The number of likely N-dealkylation sites (N-methyl/N-ethyl adjacent to an activating group) is 2. The van der Waals surface area contributed by atoms with E-state index in [0.29, 0.717) is 41.0 Å². The van der Waals surface area contributed by atoms with E-state index in [2.05, 4.69) is 26.0 Å². The van der Waals surface area contributed by atoms with E-state index >= 15 is 0 Å². The highest BCUT2D eigenvalue weighted by molar-refractivity contribution is 6.09. The van der Waals surface area contributed by atoms with Crippen LogP contribution in [-0.2, 0) is 20.7 Å². The average Bonchev–Trinajstić information content (AvgIpc) is 3.52. The van der Waals surface area contributed by atoms with Gasteiger partial charge in [-0.2, -0.15) is 17.6 Å². The largest absolute Gasteiger partial charge is 0.508 e. The minimum Gasteiger partial charge on any atom is -0.508 e. The molecule has 12 nitrogen and oxygen atoms in total. The monoisotopic (exact) mass is 748 g/mol. The Hall–Kier alpha value is -6.58. The van der Waals surface area contributed by atoms with Gasteiger partial charge in [0.25, 0.3) is 11.8 Å². The summed E-state index contributed by atoms with van der Waals surface area (Å²) in [7, 11) is 3.02. The molecule has 0 saturated heterocycles. The number of hydrogen-bond acceptors (Lipinski definition) is 10. The van der Waals surface area contributed by atoms with Gasteiger partial charge >= 0.3 is 13.2 Å². The van der Waals surface area contributed by atoms with Crippen LogP contribution in [0.1, 0.15) is 28.7 Å². The smallest absolute Gasteiger partial charge is 0.387 e. The third kappa shape index (κ3) is 7.62. The van der Waals surface area contributed by atoms with Crippen molar-refractivity contribution < 1.29 is 46.5 Å². The van der Waals surface area contributed by atoms with Crippen LogP contribution < -0.4 is 25.7 Å². The zero-order chi connectivity index (χ0) is 39.2. The van der Waals surface area contributed by atoms with E-state index in [0.717, 1.165) is 0 Å². The van der Waals surface area contributed by atoms with Crippen molar-refractivity contribution in [1.82, 2.24) is 9.80 Å². The summed E-state index contributed by atoms with van der Waals surface area (Å²) in [6.07, 6.45) is 2.42. The standard InChI is InChI=1S/C21H21F2N3O3.C17H15F2N3O3/c1-3-4-12-28-17-7-5-6-15(13-17)21(18(27)26(2)20(24)25-21)14-8-10-16(11-9-14)29-19(22)23;1-22-14(24)17(21-16(22)20,11-3-2-4-12(23)9-11)10-5-7-13(8-6-10)25-15(18)19/h3,5-11,13,19H,1,4,12H2,2H3,(H2,24,25);2-9,15,23H,1H3,(H2,20,21). The lowest BCUT2D eigenvalue weighted by Crippen LogP contribution is -2.41. The molecule has 54 heavy (non-hydrogen) atoms. The highest BCUT2D eigenvalue weighted by Crippen LogP contribution is 2.42. The van der Waals surface area contributed by atoms with Gasteiger partial charge in [0.05, 0.1) is 6.61 Å². The third-order valence-electron chi connectivity index (χ3n) is 8.58. The maximum absolute atomic E-state index is 13.2. The molecule has 2 aliphatic heterocycles. The van der Waals surface area contributed by atoms with Crippen LogP contribution in [0.4, 0.5) is 17.6 Å². The fourth-order valence-electron chi connectivity index (χ4n) is 5.93. The first-order valence-corrected chi connectivity index (χ1v) is 16.2. The van der Waals surface area contributed by atoms with E-state index in [4.69, 9.17) is 16.2 Å². The lowest BCUT2D eigenvalue weighted by molar-refractivity contribution is -0.130. The van der Waals surface area contributed by atoms with Crippen LogP contribution in [-0.4, -0.2) is 72.6 Å². The van der Waals surface area contributed by atoms with Gasteiger partial charge in [-0.1, -0.05) is 54.6 Å². The number of aromatic hydroxyl groups is 1. The molecule has 0 bridgehead atoms. The second kappa shape index (κ2) is 16.0. The first-order valence-electron chi connectivity index (χ1n) is 16.2. The predicted octanol–water partition coefficient (Wildman–Crippen LogP) is 5.30. The third-order valence-corrected chi connectivity index (χ3v) is 8.58. The molecular formula is C38H36F4N6O6. The van der Waals surface area contributed by atoms with Gasteiger partial charge in [-0.25, -0.2) is 9.98 Å². The summed E-state index contributed by atoms with van der Waals surface area (Å²) in [6, 6.07) is 24.5. The summed E-state index contributed by atoms with van der Waals surface area (Å²) in [6.45, 7) is -1.78. The number of halogens is 4. The van der Waals surface area contributed by atoms with Gasteiger partial charge < -0.3 is 30.8 Å². The second-order valence-corrected chi connectivity index (χ2v) is 11.9. The first kappa shape index (κ1) is 38.6. The van der Waals surface area contributed by atoms with Crippen LogP contribution in [0.15, 0.2) is 120 Å². The lowest BCUT2D eigenvalue weighted by atomic mass is 9.82. The van der Waals surface area contributed by atoms with E-state index in [-0.39, 0.29) is 35.1 Å². The van der Waals surface area contributed by atoms with Crippen LogP contribution >= 0.6 is 0 Å². The van der Waals surface area contributed by atoms with Gasteiger partial charge in [0.15, 0.2) is 23.0 Å². The van der Waals surface area contributed by atoms with Crippen molar-refractivity contribution in [2.75, 3.05) is 20.7 Å². The number of guanidine groups is 2. The molecule has 0 radical (unpaired) electrons. The van der Waals surface area contributed by atoms with E-state index in [1.807, 2.05) is 0 Å². The number of nitrogens with two attached hydrogens (primary N) is 2. The molecule has 2 heterocycles. The maximum atomic E-state index is 13.2. The Morgan fingerprint density at radius 3 is 1.54 bits per heavy atom. The molecule has 0 aromatic heterocycles. The van der Waals surface area contributed by atoms with E-state index < -0.39 is 30.2 Å². The molecule has 2 amide bonds. The summed E-state index contributed by atoms with van der Waals surface area (Å²) in [4.78, 5) is 37.4. The van der Waals surface area contributed by atoms with Gasteiger partial charge in [0.2, 0.25) is 0 Å². The van der Waals surface area contributed by atoms with E-state index in [9.17, 15) is 32.3 Å². The van der Waals surface area contributed by atoms with Crippen molar-refractivity contribution in [1.29, 1.82) is 0 Å². The zero-order valence-corrected chi connectivity index (χ0v) is 29.0. The fraction of sp³-hybridized carbons (Fsp3) is 0.211. The number of benzene rings is 4. The summed E-state index contributed by atoms with van der Waals surface area (Å²) < 4.78 is 64.0. The Bertz CT molecular complexity index is 2060. The average molecular weight is 749 g/mol. The Balaban J connectivity index is 0.000000210. The van der Waals surface area contributed by atoms with Crippen LogP contribution in [0, 0.1) is 0 Å². The lowest BCUT2D eigenvalue weighted by Gasteiger charge is -2.26. The number of alkyl halides is 4. The fourth-order valence-corrected chi connectivity index (χ4v) is 5.93. The quantitative estimate of drug-likeness (QED) is 0.0999. The first-order chi connectivity index (χ1) is 25.7. The van der Waals surface area contributed by atoms with Crippen molar-refractivity contribution in [3.8, 4) is 23.0 Å². The van der Waals surface area contributed by atoms with Gasteiger partial charge in [-0.15, -0.1) is 6.58 Å². The number of nitrogens with zero attached hydrogens (tertiary/aromatic N) is 4. The molecular weight excluding hydrogens is 712 g/mol. The number of amides is 2. The number of carbonyl (C=O) groups is 2. The predicted molar refractivity (Wildman–Crippen MR) is 191 cm³/mol. The Kier molecular flexibility index (Phi) is 11.4. The number of rotatable bonds is 12. The number of phenolic OH excluding ortho intramolecular Hbond substituents is 1. The van der Waals surface area contributed by atoms with Crippen molar-refractivity contribution in [2.45, 2.75) is 30.7 Å². The minimum absolute atomic E-state index is 0.0150. The molecule has 4 aromatic rings. The van der Waals surface area contributed by atoms with E-state index in [1.54, 1.807) is 42.5 Å². The molecule has 2 aliphatic rings. The van der Waals surface area contributed by atoms with Gasteiger partial charge in [-0.3, -0.25) is 19.4 Å². The molecule has 0 spiro atoms. The van der Waals surface area contributed by atoms with E-state index in [1.165, 1.54) is 84.6 Å². The zero-order valence-electron chi connectivity index (χ0n) is 29.0. The molecule has 2 unspecified atom stereocenters. The van der Waals surface area contributed by atoms with Crippen molar-refractivity contribution in [2.24, 2.45) is 21.5 Å². The number of hydrogen-bond donors (Lipinski definition) is 3. The normalized spacial score (nSPS) is 19.3. The number of aliphatic imine (C=N–C) groups is 2. The molecule has 282 valence electrons. The number of carbonyl (C=O) groups excluding carboxylic acids is 2. The van der Waals surface area contributed by atoms with Gasteiger partial charge in [0.1, 0.15) is 23.0 Å². The highest BCUT2D eigenvalue weighted by atomic mass is 19.3. The summed E-state index contributed by atoms with van der Waals surface area (Å²) in [5.41, 5.74) is 10.7. The molecule has 5 N–H and O–H groups in total. The van der Waals surface area contributed by atoms with Crippen LogP contribution in [0.2, 0.25) is 0 Å². The van der Waals surface area contributed by atoms with Crippen LogP contribution in [0.25, 0.3) is 0 Å². The van der Waals surface area contributed by atoms with Crippen LogP contribution in [0.3, 0.4) is 0 Å². The molecule has 2 atom stereocenters. The summed E-state index contributed by atoms with van der Waals surface area (Å²) >= 11 is 0. The minimum atomic E-state index is -2.95. The molecule has 16 heteroatoms. The van der Waals surface area contributed by atoms with Crippen molar-refractivity contribution >= 4 is 23.7 Å². The van der Waals surface area contributed by atoms with Crippen LogP contribution in [0.5, 0.6) is 23.0 Å². The topological polar surface area (TPSA) is 165 Å². The van der Waals surface area contributed by atoms with Gasteiger partial charge in [-0.05, 0) is 77.2 Å². The SMILES string of the molecule is C=CCCOc1cccc(C2(c3ccc(OC(F)F)cc3)N=C(N)N(C)C2=O)c1.CN1C(=O)C(c2ccc(OC(F)F)cc2)(c2cccc(O)c2)N=C1N. The molecule has 0 fully saturated rings. The van der Waals surface area contributed by atoms with Crippen molar-refractivity contribution in [3.05, 3.63) is 132 Å². The molecule has 6 rings (SSSR count). The number of phenols is 1. The molecule has 0 aliphatic carbocycles. The summed E-state index contributed by atoms with van der Waals surface area (Å²) in [5.74, 6) is -0.235. The molecule has 0 saturated carbocycles. The highest BCUT2D eigenvalue weighted by Gasteiger charge is 2.50. The Labute approximate surface area is 307 Å². The van der Waals surface area contributed by atoms with Gasteiger partial charge in [0, 0.05) is 14.1 Å². The van der Waals surface area contributed by atoms with Crippen molar-refractivity contribution in [3.63, 3.8) is 0 Å².